The van der Waals surface area contributed by atoms with Gasteiger partial charge in [-0.15, -0.1) is 0 Å². The third-order valence-electron chi connectivity index (χ3n) is 1.61. The summed E-state index contributed by atoms with van der Waals surface area (Å²) in [6, 6.07) is 11.3. The van der Waals surface area contributed by atoms with Gasteiger partial charge in [0.25, 0.3) is 0 Å². The van der Waals surface area contributed by atoms with E-state index in [0.717, 1.165) is 5.56 Å². The molecule has 0 saturated carbocycles. The van der Waals surface area contributed by atoms with Crippen molar-refractivity contribution in [3.8, 4) is 6.07 Å². The molecule has 0 radical (unpaired) electrons. The first-order valence-corrected chi connectivity index (χ1v) is 4.82. The first-order chi connectivity index (χ1) is 7.03. The van der Waals surface area contributed by atoms with Crippen molar-refractivity contribution in [2.75, 3.05) is 0 Å². The summed E-state index contributed by atoms with van der Waals surface area (Å²) in [5, 5.41) is 8.92. The minimum atomic E-state index is -0.676. The molecule has 0 fully saturated rings. The van der Waals surface area contributed by atoms with E-state index in [2.05, 4.69) is 0 Å². The van der Waals surface area contributed by atoms with Gasteiger partial charge in [-0.1, -0.05) is 30.3 Å². The predicted molar refractivity (Wildman–Crippen MR) is 56.7 cm³/mol. The van der Waals surface area contributed by atoms with Gasteiger partial charge in [-0.05, 0) is 26.3 Å². The van der Waals surface area contributed by atoms with E-state index >= 15 is 0 Å². The fourth-order valence-corrected chi connectivity index (χ4v) is 0.972. The topological polar surface area (TPSA) is 42.2 Å². The molecule has 0 aromatic heterocycles. The molecule has 0 N–H and O–H groups in total. The van der Waals surface area contributed by atoms with Crippen LogP contribution in [0.15, 0.2) is 30.3 Å². The van der Waals surface area contributed by atoms with E-state index in [-0.39, 0.29) is 0 Å². The zero-order valence-electron chi connectivity index (χ0n) is 9.23. The van der Waals surface area contributed by atoms with Crippen LogP contribution in [-0.2, 0) is 9.78 Å². The van der Waals surface area contributed by atoms with E-state index in [0.29, 0.717) is 0 Å². The van der Waals surface area contributed by atoms with Crippen LogP contribution in [-0.4, -0.2) is 5.60 Å². The minimum Gasteiger partial charge on any atom is -0.229 e. The largest absolute Gasteiger partial charge is 0.229 e. The van der Waals surface area contributed by atoms with Gasteiger partial charge in [-0.2, -0.15) is 5.26 Å². The second-order valence-corrected chi connectivity index (χ2v) is 4.21. The van der Waals surface area contributed by atoms with Crippen molar-refractivity contribution in [1.82, 2.24) is 0 Å². The maximum absolute atomic E-state index is 8.92. The Morgan fingerprint density at radius 1 is 1.20 bits per heavy atom. The zero-order chi connectivity index (χ0) is 11.3. The molecule has 0 saturated heterocycles. The van der Waals surface area contributed by atoms with Gasteiger partial charge in [0, 0.05) is 0 Å². The summed E-state index contributed by atoms with van der Waals surface area (Å²) in [5.74, 6) is 0. The van der Waals surface area contributed by atoms with Crippen molar-refractivity contribution in [2.45, 2.75) is 32.5 Å². The molecule has 1 aromatic carbocycles. The SMILES string of the molecule is CC(C)(C)OOC(C#N)c1ccccc1. The van der Waals surface area contributed by atoms with Crippen LogP contribution in [0.4, 0.5) is 0 Å². The maximum Gasteiger partial charge on any atom is 0.204 e. The zero-order valence-corrected chi connectivity index (χ0v) is 9.23. The Hall–Kier alpha value is -1.37. The molecule has 0 bridgehead atoms. The molecule has 0 aliphatic heterocycles. The summed E-state index contributed by atoms with van der Waals surface area (Å²) < 4.78 is 0. The van der Waals surface area contributed by atoms with E-state index in [9.17, 15) is 0 Å². The smallest absolute Gasteiger partial charge is 0.204 e. The van der Waals surface area contributed by atoms with Crippen LogP contribution in [0.2, 0.25) is 0 Å². The molecule has 1 rings (SSSR count). The molecule has 3 nitrogen and oxygen atoms in total. The summed E-state index contributed by atoms with van der Waals surface area (Å²) in [5.41, 5.74) is 0.383. The molecule has 1 atom stereocenters. The van der Waals surface area contributed by atoms with Crippen LogP contribution < -0.4 is 0 Å². The van der Waals surface area contributed by atoms with E-state index < -0.39 is 11.7 Å². The van der Waals surface area contributed by atoms with Crippen molar-refractivity contribution in [3.05, 3.63) is 35.9 Å². The monoisotopic (exact) mass is 205 g/mol. The first-order valence-electron chi connectivity index (χ1n) is 4.82. The van der Waals surface area contributed by atoms with Gasteiger partial charge in [0.1, 0.15) is 6.07 Å². The Morgan fingerprint density at radius 3 is 2.27 bits per heavy atom. The number of nitrogens with zero attached hydrogens (tertiary/aromatic N) is 1. The highest BCUT2D eigenvalue weighted by atomic mass is 17.2. The summed E-state index contributed by atoms with van der Waals surface area (Å²) in [6.45, 7) is 5.60. The highest BCUT2D eigenvalue weighted by molar-refractivity contribution is 5.21. The second-order valence-electron chi connectivity index (χ2n) is 4.21. The van der Waals surface area contributed by atoms with Gasteiger partial charge in [0.2, 0.25) is 6.10 Å². The maximum atomic E-state index is 8.92. The van der Waals surface area contributed by atoms with Crippen LogP contribution in [0.5, 0.6) is 0 Å². The standard InChI is InChI=1S/C12H15NO2/c1-12(2,3)15-14-11(9-13)10-7-5-4-6-8-10/h4-8,11H,1-3H3. The molecular weight excluding hydrogens is 190 g/mol. The fourth-order valence-electron chi connectivity index (χ4n) is 0.972. The number of hydrogen-bond donors (Lipinski definition) is 0. The summed E-state index contributed by atoms with van der Waals surface area (Å²) >= 11 is 0. The van der Waals surface area contributed by atoms with Crippen LogP contribution in [0.1, 0.15) is 32.4 Å². The highest BCUT2D eigenvalue weighted by Gasteiger charge is 2.17. The van der Waals surface area contributed by atoms with Crippen molar-refractivity contribution < 1.29 is 9.78 Å². The van der Waals surface area contributed by atoms with Crippen LogP contribution in [0, 0.1) is 11.3 Å². The molecule has 0 spiro atoms. The third kappa shape index (κ3) is 4.11. The van der Waals surface area contributed by atoms with Crippen molar-refractivity contribution >= 4 is 0 Å². The molecule has 0 amide bonds. The molecule has 3 heteroatoms. The quantitative estimate of drug-likeness (QED) is 0.562. The lowest BCUT2D eigenvalue weighted by Gasteiger charge is -2.19. The van der Waals surface area contributed by atoms with E-state index in [1.165, 1.54) is 0 Å². The number of nitriles is 1. The summed E-state index contributed by atoms with van der Waals surface area (Å²) in [7, 11) is 0. The number of benzene rings is 1. The van der Waals surface area contributed by atoms with Crippen LogP contribution >= 0.6 is 0 Å². The fraction of sp³-hybridized carbons (Fsp3) is 0.417. The minimum absolute atomic E-state index is 0.413. The van der Waals surface area contributed by atoms with Crippen LogP contribution in [0.25, 0.3) is 0 Å². The summed E-state index contributed by atoms with van der Waals surface area (Å²) in [6.07, 6.45) is -0.676. The first kappa shape index (κ1) is 11.7. The third-order valence-corrected chi connectivity index (χ3v) is 1.61. The normalized spacial score (nSPS) is 13.2. The van der Waals surface area contributed by atoms with E-state index in [1.807, 2.05) is 57.2 Å². The average Bonchev–Trinajstić information content (AvgIpc) is 2.19. The van der Waals surface area contributed by atoms with Gasteiger partial charge in [-0.3, -0.25) is 0 Å². The van der Waals surface area contributed by atoms with E-state index in [1.54, 1.807) is 0 Å². The molecule has 1 aromatic rings. The lowest BCUT2D eigenvalue weighted by molar-refractivity contribution is -0.365. The van der Waals surface area contributed by atoms with Gasteiger partial charge in [0.05, 0.1) is 5.60 Å². The Labute approximate surface area is 90.2 Å². The van der Waals surface area contributed by atoms with Gasteiger partial charge < -0.3 is 0 Å². The number of rotatable bonds is 3. The Kier molecular flexibility index (Phi) is 3.84. The van der Waals surface area contributed by atoms with Crippen molar-refractivity contribution in [3.63, 3.8) is 0 Å². The molecular formula is C12H15NO2. The summed E-state index contributed by atoms with van der Waals surface area (Å²) in [4.78, 5) is 10.2. The van der Waals surface area contributed by atoms with E-state index in [4.69, 9.17) is 15.0 Å². The van der Waals surface area contributed by atoms with Gasteiger partial charge in [-0.25, -0.2) is 9.78 Å². The second kappa shape index (κ2) is 4.92. The molecule has 0 aliphatic rings. The van der Waals surface area contributed by atoms with Crippen molar-refractivity contribution in [2.24, 2.45) is 0 Å². The van der Waals surface area contributed by atoms with Crippen molar-refractivity contribution in [1.29, 1.82) is 5.26 Å². The predicted octanol–water partition coefficient (Wildman–Crippen LogP) is 3.00. The van der Waals surface area contributed by atoms with Gasteiger partial charge in [0.15, 0.2) is 0 Å². The van der Waals surface area contributed by atoms with Gasteiger partial charge >= 0.3 is 0 Å². The Balaban J connectivity index is 2.63. The molecule has 80 valence electrons. The molecule has 15 heavy (non-hydrogen) atoms. The van der Waals surface area contributed by atoms with Crippen LogP contribution in [0.3, 0.4) is 0 Å². The lowest BCUT2D eigenvalue weighted by atomic mass is 10.1. The Bertz CT molecular complexity index is 335. The number of hydrogen-bond acceptors (Lipinski definition) is 3. The molecule has 0 aliphatic carbocycles. The molecule has 1 unspecified atom stereocenters. The average molecular weight is 205 g/mol. The molecule has 0 heterocycles. The lowest BCUT2D eigenvalue weighted by Crippen LogP contribution is -2.20. The highest BCUT2D eigenvalue weighted by Crippen LogP contribution is 2.19. The Morgan fingerprint density at radius 2 is 1.80 bits per heavy atom.